The predicted octanol–water partition coefficient (Wildman–Crippen LogP) is 2.76. The summed E-state index contributed by atoms with van der Waals surface area (Å²) in [7, 11) is 1.41. The van der Waals surface area contributed by atoms with Crippen molar-refractivity contribution in [3.63, 3.8) is 0 Å². The molecule has 0 radical (unpaired) electrons. The van der Waals surface area contributed by atoms with Gasteiger partial charge in [-0.25, -0.2) is 9.59 Å². The van der Waals surface area contributed by atoms with Gasteiger partial charge >= 0.3 is 12.0 Å². The molecular weight excluding hydrogens is 420 g/mol. The first-order chi connectivity index (χ1) is 12.7. The summed E-state index contributed by atoms with van der Waals surface area (Å²) in [5.41, 5.74) is 1.21. The number of ether oxygens (including phenoxy) is 3. The maximum atomic E-state index is 12.6. The van der Waals surface area contributed by atoms with E-state index in [0.29, 0.717) is 15.7 Å². The van der Waals surface area contributed by atoms with E-state index in [1.165, 1.54) is 7.11 Å². The molecule has 27 heavy (non-hydrogen) atoms. The van der Waals surface area contributed by atoms with Crippen LogP contribution in [0.15, 0.2) is 27.9 Å². The lowest BCUT2D eigenvalue weighted by molar-refractivity contribution is -0.141. The van der Waals surface area contributed by atoms with Crippen LogP contribution in [-0.4, -0.2) is 43.5 Å². The first-order valence-corrected chi connectivity index (χ1v) is 9.17. The molecule has 9 heteroatoms. The molecule has 148 valence electrons. The predicted molar refractivity (Wildman–Crippen MR) is 102 cm³/mol. The second kappa shape index (κ2) is 9.09. The highest BCUT2D eigenvalue weighted by Crippen LogP contribution is 2.39. The summed E-state index contributed by atoms with van der Waals surface area (Å²) < 4.78 is 16.2. The fraction of sp³-hybridized carbons (Fsp3) is 0.444. The minimum Gasteiger partial charge on any atom is -0.503 e. The van der Waals surface area contributed by atoms with Gasteiger partial charge in [0, 0.05) is 5.70 Å². The van der Waals surface area contributed by atoms with Gasteiger partial charge in [-0.3, -0.25) is 0 Å². The van der Waals surface area contributed by atoms with E-state index < -0.39 is 18.0 Å². The summed E-state index contributed by atoms with van der Waals surface area (Å²) in [4.78, 5) is 24.6. The van der Waals surface area contributed by atoms with Crippen LogP contribution in [-0.2, 0) is 14.3 Å². The maximum absolute atomic E-state index is 12.6. The molecule has 3 N–H and O–H groups in total. The molecule has 2 amide bonds. The smallest absolute Gasteiger partial charge is 0.338 e. The fourth-order valence-electron chi connectivity index (χ4n) is 2.63. The number of amides is 2. The Morgan fingerprint density at radius 2 is 2.04 bits per heavy atom. The van der Waals surface area contributed by atoms with Crippen LogP contribution in [0.2, 0.25) is 0 Å². The molecule has 0 fully saturated rings. The highest BCUT2D eigenvalue weighted by atomic mass is 79.9. The zero-order chi connectivity index (χ0) is 20.1. The van der Waals surface area contributed by atoms with Crippen molar-refractivity contribution in [3.05, 3.63) is 33.4 Å². The van der Waals surface area contributed by atoms with Crippen LogP contribution in [0.4, 0.5) is 4.79 Å². The zero-order valence-corrected chi connectivity index (χ0v) is 17.2. The lowest BCUT2D eigenvalue weighted by atomic mass is 9.95. The van der Waals surface area contributed by atoms with Crippen molar-refractivity contribution >= 4 is 27.9 Å². The highest BCUT2D eigenvalue weighted by Gasteiger charge is 2.33. The van der Waals surface area contributed by atoms with Crippen molar-refractivity contribution in [3.8, 4) is 11.5 Å². The van der Waals surface area contributed by atoms with Gasteiger partial charge < -0.3 is 30.0 Å². The molecule has 8 nitrogen and oxygen atoms in total. The molecule has 1 heterocycles. The van der Waals surface area contributed by atoms with Gasteiger partial charge in [0.15, 0.2) is 11.5 Å². The number of benzene rings is 1. The largest absolute Gasteiger partial charge is 0.503 e. The SMILES string of the molecule is COc1cc([C@@H]2NC(=O)NC(C)=C2C(=O)OCCOC(C)C)cc(Br)c1O. The number of phenols is 1. The molecule has 1 aromatic rings. The van der Waals surface area contributed by atoms with E-state index in [-0.39, 0.29) is 36.4 Å². The monoisotopic (exact) mass is 442 g/mol. The summed E-state index contributed by atoms with van der Waals surface area (Å²) in [5.74, 6) is -0.430. The van der Waals surface area contributed by atoms with Crippen molar-refractivity contribution in [2.24, 2.45) is 0 Å². The van der Waals surface area contributed by atoms with Crippen LogP contribution in [0, 0.1) is 0 Å². The number of nitrogens with one attached hydrogen (secondary N) is 2. The zero-order valence-electron chi connectivity index (χ0n) is 15.6. The number of halogens is 1. The van der Waals surface area contributed by atoms with Crippen LogP contribution in [0.3, 0.4) is 0 Å². The van der Waals surface area contributed by atoms with E-state index in [9.17, 15) is 14.7 Å². The standard InChI is InChI=1S/C18H23BrN2O6/c1-9(2)26-5-6-27-17(23)14-10(3)20-18(24)21-15(14)11-7-12(19)16(22)13(8-11)25-4/h7-9,15,22H,5-6H2,1-4H3,(H2,20,21,24)/t15-/m0/s1. The van der Waals surface area contributed by atoms with Crippen LogP contribution >= 0.6 is 15.9 Å². The summed E-state index contributed by atoms with van der Waals surface area (Å²) >= 11 is 3.25. The van der Waals surface area contributed by atoms with Crippen LogP contribution in [0.5, 0.6) is 11.5 Å². The number of allylic oxidation sites excluding steroid dienone is 1. The molecule has 1 aromatic carbocycles. The molecule has 0 saturated carbocycles. The number of esters is 1. The Labute approximate surface area is 166 Å². The first kappa shape index (κ1) is 21.0. The molecule has 1 atom stereocenters. The van der Waals surface area contributed by atoms with Crippen molar-refractivity contribution in [1.29, 1.82) is 0 Å². The summed E-state index contributed by atoms with van der Waals surface area (Å²) in [6.07, 6.45) is 0.0369. The molecular formula is C18H23BrN2O6. The van der Waals surface area contributed by atoms with E-state index in [1.807, 2.05) is 13.8 Å². The lowest BCUT2D eigenvalue weighted by Gasteiger charge is -2.28. The van der Waals surface area contributed by atoms with E-state index in [4.69, 9.17) is 14.2 Å². The highest BCUT2D eigenvalue weighted by molar-refractivity contribution is 9.10. The van der Waals surface area contributed by atoms with Gasteiger partial charge in [0.25, 0.3) is 0 Å². The number of carbonyl (C=O) groups is 2. The van der Waals surface area contributed by atoms with Crippen molar-refractivity contribution in [2.45, 2.75) is 32.9 Å². The third kappa shape index (κ3) is 5.14. The van der Waals surface area contributed by atoms with Gasteiger partial charge in [0.2, 0.25) is 0 Å². The second-order valence-electron chi connectivity index (χ2n) is 6.18. The number of hydrogen-bond acceptors (Lipinski definition) is 6. The lowest BCUT2D eigenvalue weighted by Crippen LogP contribution is -2.45. The third-order valence-electron chi connectivity index (χ3n) is 3.86. The Kier molecular flexibility index (Phi) is 7.09. The third-order valence-corrected chi connectivity index (χ3v) is 4.47. The van der Waals surface area contributed by atoms with Gasteiger partial charge in [0.1, 0.15) is 6.61 Å². The Hall–Kier alpha value is -2.26. The Balaban J connectivity index is 2.30. The van der Waals surface area contributed by atoms with Crippen molar-refractivity contribution < 1.29 is 28.9 Å². The minimum atomic E-state index is -0.761. The molecule has 0 aromatic heterocycles. The van der Waals surface area contributed by atoms with E-state index >= 15 is 0 Å². The van der Waals surface area contributed by atoms with E-state index in [0.717, 1.165) is 0 Å². The Bertz CT molecular complexity index is 762. The van der Waals surface area contributed by atoms with Crippen LogP contribution in [0.25, 0.3) is 0 Å². The molecule has 0 unspecified atom stereocenters. The van der Waals surface area contributed by atoms with E-state index in [1.54, 1.807) is 19.1 Å². The molecule has 0 bridgehead atoms. The summed E-state index contributed by atoms with van der Waals surface area (Å²) in [6, 6.07) is 1.96. The van der Waals surface area contributed by atoms with Gasteiger partial charge in [-0.05, 0) is 54.4 Å². The van der Waals surface area contributed by atoms with Crippen LogP contribution in [0.1, 0.15) is 32.4 Å². The van der Waals surface area contributed by atoms with Crippen molar-refractivity contribution in [1.82, 2.24) is 10.6 Å². The number of methoxy groups -OCH3 is 1. The van der Waals surface area contributed by atoms with Gasteiger partial charge in [-0.1, -0.05) is 0 Å². The number of phenolic OH excluding ortho intramolecular Hbond substituents is 1. The fourth-order valence-corrected chi connectivity index (χ4v) is 3.09. The number of rotatable bonds is 7. The molecule has 0 spiro atoms. The van der Waals surface area contributed by atoms with Crippen molar-refractivity contribution in [2.75, 3.05) is 20.3 Å². The number of carbonyl (C=O) groups excluding carboxylic acids is 2. The van der Waals surface area contributed by atoms with Gasteiger partial charge in [-0.2, -0.15) is 0 Å². The first-order valence-electron chi connectivity index (χ1n) is 8.38. The Morgan fingerprint density at radius 1 is 1.33 bits per heavy atom. The summed E-state index contributed by atoms with van der Waals surface area (Å²) in [6.45, 7) is 5.78. The molecule has 0 aliphatic carbocycles. The minimum absolute atomic E-state index is 0.0369. The van der Waals surface area contributed by atoms with Crippen LogP contribution < -0.4 is 15.4 Å². The summed E-state index contributed by atoms with van der Waals surface area (Å²) in [5, 5.41) is 15.3. The average Bonchev–Trinajstić information content (AvgIpc) is 2.59. The quantitative estimate of drug-likeness (QED) is 0.442. The molecule has 1 aliphatic heterocycles. The average molecular weight is 443 g/mol. The topological polar surface area (TPSA) is 106 Å². The Morgan fingerprint density at radius 3 is 2.67 bits per heavy atom. The number of hydrogen-bond donors (Lipinski definition) is 3. The van der Waals surface area contributed by atoms with E-state index in [2.05, 4.69) is 26.6 Å². The molecule has 2 rings (SSSR count). The maximum Gasteiger partial charge on any atom is 0.338 e. The number of aromatic hydroxyl groups is 1. The molecule has 0 saturated heterocycles. The van der Waals surface area contributed by atoms with Gasteiger partial charge in [0.05, 0.1) is 35.9 Å². The normalized spacial score (nSPS) is 16.8. The number of urea groups is 1. The van der Waals surface area contributed by atoms with Gasteiger partial charge in [-0.15, -0.1) is 0 Å². The second-order valence-corrected chi connectivity index (χ2v) is 7.03. The molecule has 1 aliphatic rings.